The molecule has 0 bridgehead atoms. The van der Waals surface area contributed by atoms with Crippen molar-refractivity contribution in [1.29, 1.82) is 5.26 Å². The first-order chi connectivity index (χ1) is 16.4. The lowest BCUT2D eigenvalue weighted by Crippen LogP contribution is -2.19. The lowest BCUT2D eigenvalue weighted by Gasteiger charge is -2.11. The van der Waals surface area contributed by atoms with E-state index in [2.05, 4.69) is 46.3 Å². The highest BCUT2D eigenvalue weighted by molar-refractivity contribution is 5.89. The van der Waals surface area contributed by atoms with E-state index in [1.54, 1.807) is 6.07 Å². The average molecular weight is 493 g/mol. The van der Waals surface area contributed by atoms with Crippen LogP contribution in [0.4, 0.5) is 43.9 Å². The number of aromatic nitrogens is 6. The number of anilines is 2. The second-order valence-electron chi connectivity index (χ2n) is 7.51. The molecule has 4 rings (SSSR count). The second-order valence-corrected chi connectivity index (χ2v) is 7.51. The zero-order valence-corrected chi connectivity index (χ0v) is 17.6. The van der Waals surface area contributed by atoms with Crippen molar-refractivity contribution in [2.24, 2.45) is 4.99 Å². The molecule has 0 amide bonds. The fraction of sp³-hybridized carbons (Fsp3) is 0.300. The van der Waals surface area contributed by atoms with Gasteiger partial charge in [-0.1, -0.05) is 0 Å². The van der Waals surface area contributed by atoms with E-state index in [0.29, 0.717) is 37.3 Å². The first-order valence-electron chi connectivity index (χ1n) is 9.83. The van der Waals surface area contributed by atoms with Gasteiger partial charge in [0, 0.05) is 11.9 Å². The number of alkyl halides is 6. The van der Waals surface area contributed by atoms with Gasteiger partial charge in [0.15, 0.2) is 11.5 Å². The van der Waals surface area contributed by atoms with Crippen molar-refractivity contribution in [1.82, 2.24) is 29.9 Å². The molecule has 3 aromatic rings. The minimum atomic E-state index is -4.82. The van der Waals surface area contributed by atoms with Crippen LogP contribution >= 0.6 is 0 Å². The van der Waals surface area contributed by atoms with E-state index in [-0.39, 0.29) is 5.95 Å². The summed E-state index contributed by atoms with van der Waals surface area (Å²) in [6.45, 7) is 0.687. The molecule has 0 atom stereocenters. The van der Waals surface area contributed by atoms with Crippen LogP contribution in [0.1, 0.15) is 31.2 Å². The van der Waals surface area contributed by atoms with Crippen LogP contribution < -0.4 is 5.32 Å². The summed E-state index contributed by atoms with van der Waals surface area (Å²) in [4.78, 5) is 25.9. The summed E-state index contributed by atoms with van der Waals surface area (Å²) in [6, 6.07) is 5.23. The maximum Gasteiger partial charge on any atom is 0.434 e. The van der Waals surface area contributed by atoms with Gasteiger partial charge in [-0.3, -0.25) is 9.97 Å². The summed E-state index contributed by atoms with van der Waals surface area (Å²) < 4.78 is 78.1. The van der Waals surface area contributed by atoms with E-state index >= 15 is 0 Å². The van der Waals surface area contributed by atoms with Gasteiger partial charge in [-0.05, 0) is 31.9 Å². The number of pyridine rings is 1. The number of hydrogen-bond acceptors (Lipinski definition) is 9. The number of aliphatic imine (C=N–C) groups is 1. The van der Waals surface area contributed by atoms with Gasteiger partial charge in [-0.25, -0.2) is 9.98 Å². The quantitative estimate of drug-likeness (QED) is 0.401. The number of nitriles is 1. The van der Waals surface area contributed by atoms with Crippen LogP contribution in [-0.4, -0.2) is 41.8 Å². The molecule has 0 aliphatic heterocycles. The molecular formula is C20H13F6N9. The Labute approximate surface area is 193 Å². The predicted molar refractivity (Wildman–Crippen MR) is 109 cm³/mol. The first kappa shape index (κ1) is 23.9. The zero-order valence-electron chi connectivity index (χ0n) is 17.6. The summed E-state index contributed by atoms with van der Waals surface area (Å²) in [7, 11) is 0. The molecule has 1 aliphatic carbocycles. The molecule has 1 fully saturated rings. The highest BCUT2D eigenvalue weighted by Crippen LogP contribution is 2.47. The average Bonchev–Trinajstić information content (AvgIpc) is 3.59. The van der Waals surface area contributed by atoms with Crippen molar-refractivity contribution in [3.05, 3.63) is 42.1 Å². The highest BCUT2D eigenvalue weighted by atomic mass is 19.4. The monoisotopic (exact) mass is 493 g/mol. The maximum atomic E-state index is 13.1. The van der Waals surface area contributed by atoms with Crippen molar-refractivity contribution in [3.63, 3.8) is 0 Å². The number of nitrogens with zero attached hydrogens (tertiary/aromatic N) is 8. The molecule has 0 spiro atoms. The molecule has 15 heteroatoms. The Morgan fingerprint density at radius 3 is 2.46 bits per heavy atom. The Hall–Kier alpha value is -4.22. The molecule has 9 nitrogen and oxygen atoms in total. The standard InChI is InChI=1S/C20H13F6N9/c1-10(19(21,22)23)30-16-33-15(12-7-28-8-14(32-12)20(24,25)26)34-17(35-16)31-11-2-5-29-13(6-11)18(9-27)3-4-18/h2,5-8H,3-4H2,1H3,(H,29,31,33,34,35). The normalized spacial score (nSPS) is 15.4. The first-order valence-corrected chi connectivity index (χ1v) is 9.83. The van der Waals surface area contributed by atoms with Crippen LogP contribution in [-0.2, 0) is 11.6 Å². The Morgan fingerprint density at radius 2 is 1.83 bits per heavy atom. The third kappa shape index (κ3) is 5.31. The van der Waals surface area contributed by atoms with E-state index in [1.165, 1.54) is 12.3 Å². The molecule has 0 saturated heterocycles. The van der Waals surface area contributed by atoms with Crippen molar-refractivity contribution >= 4 is 23.3 Å². The minimum absolute atomic E-state index is 0.318. The zero-order chi connectivity index (χ0) is 25.4. The topological polar surface area (TPSA) is 126 Å². The van der Waals surface area contributed by atoms with E-state index in [9.17, 15) is 31.6 Å². The molecule has 3 heterocycles. The maximum absolute atomic E-state index is 13.1. The van der Waals surface area contributed by atoms with Crippen LogP contribution in [0.3, 0.4) is 0 Å². The summed E-state index contributed by atoms with van der Waals surface area (Å²) in [5.74, 6) is -1.52. The Bertz CT molecular complexity index is 1340. The molecule has 35 heavy (non-hydrogen) atoms. The van der Waals surface area contributed by atoms with E-state index < -0.39 is 46.6 Å². The second kappa shape index (κ2) is 8.53. The van der Waals surface area contributed by atoms with Gasteiger partial charge in [-0.2, -0.15) is 46.6 Å². The van der Waals surface area contributed by atoms with Crippen LogP contribution in [0.25, 0.3) is 11.5 Å². The number of nitrogens with one attached hydrogen (secondary N) is 1. The van der Waals surface area contributed by atoms with Gasteiger partial charge < -0.3 is 5.32 Å². The minimum Gasteiger partial charge on any atom is -0.324 e. The van der Waals surface area contributed by atoms with Crippen molar-refractivity contribution < 1.29 is 26.3 Å². The molecule has 0 aromatic carbocycles. The Balaban J connectivity index is 1.77. The van der Waals surface area contributed by atoms with Gasteiger partial charge in [-0.15, -0.1) is 0 Å². The third-order valence-electron chi connectivity index (χ3n) is 4.93. The van der Waals surface area contributed by atoms with E-state index in [0.717, 1.165) is 6.20 Å². The summed E-state index contributed by atoms with van der Waals surface area (Å²) >= 11 is 0. The molecular weight excluding hydrogens is 480 g/mol. The summed E-state index contributed by atoms with van der Waals surface area (Å²) in [6.07, 6.45) is -5.53. The summed E-state index contributed by atoms with van der Waals surface area (Å²) in [5, 5.41) is 12.1. The van der Waals surface area contributed by atoms with Gasteiger partial charge in [0.05, 0.1) is 29.6 Å². The van der Waals surface area contributed by atoms with Crippen molar-refractivity contribution in [3.8, 4) is 17.6 Å². The lowest BCUT2D eigenvalue weighted by molar-refractivity contribution is -0.141. The predicted octanol–water partition coefficient (Wildman–Crippen LogP) is 4.70. The van der Waals surface area contributed by atoms with Crippen LogP contribution in [0.15, 0.2) is 35.7 Å². The van der Waals surface area contributed by atoms with Gasteiger partial charge >= 0.3 is 12.4 Å². The lowest BCUT2D eigenvalue weighted by atomic mass is 10.0. The van der Waals surface area contributed by atoms with E-state index in [4.69, 9.17) is 0 Å². The van der Waals surface area contributed by atoms with Crippen LogP contribution in [0, 0.1) is 11.3 Å². The van der Waals surface area contributed by atoms with Crippen molar-refractivity contribution in [2.45, 2.75) is 37.5 Å². The van der Waals surface area contributed by atoms with Crippen LogP contribution in [0.2, 0.25) is 0 Å². The summed E-state index contributed by atoms with van der Waals surface area (Å²) in [5.41, 5.74) is -2.98. The molecule has 0 unspecified atom stereocenters. The largest absolute Gasteiger partial charge is 0.434 e. The molecule has 0 radical (unpaired) electrons. The molecule has 180 valence electrons. The van der Waals surface area contributed by atoms with Crippen LogP contribution in [0.5, 0.6) is 0 Å². The number of rotatable bonds is 5. The Kier molecular flexibility index (Phi) is 5.83. The number of halogens is 6. The fourth-order valence-electron chi connectivity index (χ4n) is 2.86. The SMILES string of the molecule is CC(=Nc1nc(Nc2ccnc(C3(C#N)CC3)c2)nc(-c2cncc(C(F)(F)F)n2)n1)C(F)(F)F. The fourth-order valence-corrected chi connectivity index (χ4v) is 2.86. The van der Waals surface area contributed by atoms with Gasteiger partial charge in [0.1, 0.15) is 11.4 Å². The highest BCUT2D eigenvalue weighted by Gasteiger charge is 2.46. The van der Waals surface area contributed by atoms with Gasteiger partial charge in [0.2, 0.25) is 5.95 Å². The smallest absolute Gasteiger partial charge is 0.324 e. The Morgan fingerprint density at radius 1 is 1.09 bits per heavy atom. The molecule has 3 aromatic heterocycles. The molecule has 1 N–H and O–H groups in total. The molecule has 1 aliphatic rings. The van der Waals surface area contributed by atoms with Gasteiger partial charge in [0.25, 0.3) is 5.95 Å². The number of hydrogen-bond donors (Lipinski definition) is 1. The molecule has 1 saturated carbocycles. The third-order valence-corrected chi connectivity index (χ3v) is 4.93. The van der Waals surface area contributed by atoms with E-state index in [1.807, 2.05) is 0 Å². The van der Waals surface area contributed by atoms with Crippen molar-refractivity contribution in [2.75, 3.05) is 5.32 Å².